The average Bonchev–Trinajstić information content (AvgIpc) is 3.54. The summed E-state index contributed by atoms with van der Waals surface area (Å²) in [6.45, 7) is 9.23. The number of benzene rings is 3. The van der Waals surface area contributed by atoms with Crippen molar-refractivity contribution in [1.29, 1.82) is 0 Å². The number of thiazole rings is 1. The summed E-state index contributed by atoms with van der Waals surface area (Å²) in [7, 11) is 8.01. The molecule has 1 aliphatic rings. The minimum Gasteiger partial charge on any atom is -0.481 e. The first-order valence-corrected chi connectivity index (χ1v) is 16.1. The van der Waals surface area contributed by atoms with Crippen molar-refractivity contribution in [2.75, 3.05) is 52.3 Å². The number of aryl methyl sites for hydroxylation is 2. The lowest BCUT2D eigenvalue weighted by Gasteiger charge is -2.39. The quantitative estimate of drug-likeness (QED) is 0.163. The van der Waals surface area contributed by atoms with E-state index in [0.717, 1.165) is 90.4 Å². The molecule has 11 heteroatoms. The summed E-state index contributed by atoms with van der Waals surface area (Å²) < 4.78 is 8.46. The molecule has 5 aromatic rings. The zero-order chi connectivity index (χ0) is 32.7. The fourth-order valence-corrected chi connectivity index (χ4v) is 6.75. The van der Waals surface area contributed by atoms with Crippen molar-refractivity contribution in [2.24, 2.45) is 7.05 Å². The van der Waals surface area contributed by atoms with E-state index in [9.17, 15) is 9.90 Å². The van der Waals surface area contributed by atoms with Gasteiger partial charge in [-0.05, 0) is 73.9 Å². The predicted molar refractivity (Wildman–Crippen MR) is 183 cm³/mol. The first-order chi connectivity index (χ1) is 21.2. The lowest BCUT2D eigenvalue weighted by atomic mass is 9.93. The van der Waals surface area contributed by atoms with E-state index in [-0.39, 0.29) is 6.42 Å². The lowest BCUT2D eigenvalue weighted by Crippen LogP contribution is -2.55. The van der Waals surface area contributed by atoms with Crippen LogP contribution in [-0.4, -0.2) is 88.6 Å². The van der Waals surface area contributed by atoms with Crippen molar-refractivity contribution in [3.05, 3.63) is 64.7 Å². The van der Waals surface area contributed by atoms with Crippen LogP contribution in [0.25, 0.3) is 42.8 Å². The van der Waals surface area contributed by atoms with Crippen LogP contribution in [-0.2, 0) is 23.0 Å². The van der Waals surface area contributed by atoms with E-state index in [1.807, 2.05) is 49.0 Å². The fourth-order valence-electron chi connectivity index (χ4n) is 5.49. The Hall–Kier alpha value is -3.54. The Morgan fingerprint density at radius 3 is 2.31 bits per heavy atom. The van der Waals surface area contributed by atoms with Gasteiger partial charge in [0.1, 0.15) is 5.01 Å². The van der Waals surface area contributed by atoms with E-state index >= 15 is 0 Å². The molecule has 3 heterocycles. The summed E-state index contributed by atoms with van der Waals surface area (Å²) in [6, 6.07) is 16.0. The Bertz CT molecular complexity index is 1850. The molecule has 0 radical (unpaired) electrons. The number of rotatable bonds is 6. The SMILES string of the molecule is COC(C)(C)O.Cc1cc2nc(-c3ccc4c(c3)c(N3CC[N+](C)(C)CC3)nn4C)sc2c(-c2ccc(Cl)cc2)c1CC(=O)O. The Morgan fingerprint density at radius 2 is 1.71 bits per heavy atom. The number of halogens is 1. The highest BCUT2D eigenvalue weighted by atomic mass is 35.5. The molecule has 0 bridgehead atoms. The van der Waals surface area contributed by atoms with E-state index < -0.39 is 11.8 Å². The van der Waals surface area contributed by atoms with Gasteiger partial charge in [-0.2, -0.15) is 5.10 Å². The number of aromatic nitrogens is 3. The van der Waals surface area contributed by atoms with Crippen LogP contribution in [0, 0.1) is 6.92 Å². The van der Waals surface area contributed by atoms with Gasteiger partial charge in [0.2, 0.25) is 0 Å². The summed E-state index contributed by atoms with van der Waals surface area (Å²) in [5, 5.41) is 25.9. The number of anilines is 1. The zero-order valence-corrected chi connectivity index (χ0v) is 28.5. The number of piperazine rings is 1. The number of carboxylic acid groups (broad SMARTS) is 1. The second-order valence-electron chi connectivity index (χ2n) is 12.7. The van der Waals surface area contributed by atoms with Crippen LogP contribution in [0.4, 0.5) is 5.82 Å². The van der Waals surface area contributed by atoms with Gasteiger partial charge in [-0.3, -0.25) is 9.48 Å². The van der Waals surface area contributed by atoms with E-state index in [2.05, 4.69) is 41.9 Å². The number of likely N-dealkylation sites (N-methyl/N-ethyl adjacent to an activating group) is 1. The number of ether oxygens (including phenoxy) is 1. The number of carboxylic acids is 1. The van der Waals surface area contributed by atoms with Crippen LogP contribution in [0.15, 0.2) is 48.5 Å². The van der Waals surface area contributed by atoms with Gasteiger partial charge < -0.3 is 24.3 Å². The number of hydrogen-bond acceptors (Lipinski definition) is 7. The summed E-state index contributed by atoms with van der Waals surface area (Å²) >= 11 is 7.78. The molecule has 6 rings (SSSR count). The number of hydrogen-bond donors (Lipinski definition) is 2. The van der Waals surface area contributed by atoms with Crippen molar-refractivity contribution < 1.29 is 24.2 Å². The standard InChI is InChI=1S/C30H30ClN5O2S.C4H10O2/c1-18-15-24-28(27(22(18)17-26(37)38)19-5-8-21(31)9-6-19)39-30(32-24)20-7-10-25-23(16-20)29(33-34(25)2)35-11-13-36(3,4)14-12-35;1-4(2,5)6-3/h5-10,15-16H,11-14,17H2,1-4H3;5H,1-3H3/p+1. The van der Waals surface area contributed by atoms with Gasteiger partial charge >= 0.3 is 5.97 Å². The lowest BCUT2D eigenvalue weighted by molar-refractivity contribution is -0.890. The molecule has 45 heavy (non-hydrogen) atoms. The van der Waals surface area contributed by atoms with Crippen molar-refractivity contribution in [3.8, 4) is 21.7 Å². The molecule has 1 aliphatic heterocycles. The van der Waals surface area contributed by atoms with Gasteiger partial charge in [-0.1, -0.05) is 23.7 Å². The second-order valence-corrected chi connectivity index (χ2v) is 14.1. The largest absolute Gasteiger partial charge is 0.481 e. The molecule has 2 N–H and O–H groups in total. The maximum absolute atomic E-state index is 11.8. The highest BCUT2D eigenvalue weighted by Gasteiger charge is 2.27. The number of aliphatic carboxylic acids is 1. The maximum atomic E-state index is 11.8. The molecule has 0 unspecified atom stereocenters. The number of quaternary nitrogens is 1. The Balaban J connectivity index is 0.000000609. The molecular weight excluding hydrogens is 610 g/mol. The Morgan fingerprint density at radius 1 is 1.09 bits per heavy atom. The van der Waals surface area contributed by atoms with Gasteiger partial charge in [-0.25, -0.2) is 4.98 Å². The van der Waals surface area contributed by atoms with Gasteiger partial charge in [-0.15, -0.1) is 11.3 Å². The summed E-state index contributed by atoms with van der Waals surface area (Å²) in [5.74, 6) is -0.788. The van der Waals surface area contributed by atoms with Crippen LogP contribution in [0.1, 0.15) is 25.0 Å². The predicted octanol–water partition coefficient (Wildman–Crippen LogP) is 6.36. The Labute approximate surface area is 272 Å². The summed E-state index contributed by atoms with van der Waals surface area (Å²) in [4.78, 5) is 19.2. The average molecular weight is 651 g/mol. The summed E-state index contributed by atoms with van der Waals surface area (Å²) in [5.41, 5.74) is 6.59. The van der Waals surface area contributed by atoms with Crippen LogP contribution < -0.4 is 4.90 Å². The van der Waals surface area contributed by atoms with E-state index in [0.29, 0.717) is 5.02 Å². The smallest absolute Gasteiger partial charge is 0.307 e. The minimum atomic E-state index is -0.958. The van der Waals surface area contributed by atoms with Gasteiger partial charge in [0.15, 0.2) is 11.6 Å². The maximum Gasteiger partial charge on any atom is 0.307 e. The van der Waals surface area contributed by atoms with Gasteiger partial charge in [0.05, 0.1) is 62.4 Å². The third-order valence-corrected chi connectivity index (χ3v) is 9.69. The first-order valence-electron chi connectivity index (χ1n) is 14.9. The zero-order valence-electron chi connectivity index (χ0n) is 26.9. The normalized spacial score (nSPS) is 14.9. The third-order valence-electron chi connectivity index (χ3n) is 8.30. The number of fused-ring (bicyclic) bond motifs is 2. The fraction of sp³-hybridized carbons (Fsp3) is 0.382. The highest BCUT2D eigenvalue weighted by molar-refractivity contribution is 7.22. The van der Waals surface area contributed by atoms with Crippen molar-refractivity contribution in [3.63, 3.8) is 0 Å². The number of aliphatic hydroxyl groups is 1. The van der Waals surface area contributed by atoms with Crippen molar-refractivity contribution in [1.82, 2.24) is 14.8 Å². The number of methoxy groups -OCH3 is 1. The molecular formula is C34H41ClN5O4S+. The topological polar surface area (TPSA) is 101 Å². The van der Waals surface area contributed by atoms with E-state index in [4.69, 9.17) is 26.8 Å². The van der Waals surface area contributed by atoms with E-state index in [1.54, 1.807) is 25.2 Å². The molecule has 238 valence electrons. The van der Waals surface area contributed by atoms with Crippen molar-refractivity contribution in [2.45, 2.75) is 33.0 Å². The van der Waals surface area contributed by atoms with Crippen LogP contribution in [0.2, 0.25) is 5.02 Å². The molecule has 1 saturated heterocycles. The van der Waals surface area contributed by atoms with Crippen LogP contribution in [0.3, 0.4) is 0 Å². The number of carbonyl (C=O) groups is 1. The third kappa shape index (κ3) is 7.31. The molecule has 1 fully saturated rings. The number of nitrogens with zero attached hydrogens (tertiary/aromatic N) is 5. The van der Waals surface area contributed by atoms with Gasteiger partial charge in [0.25, 0.3) is 0 Å². The molecule has 0 spiro atoms. The highest BCUT2D eigenvalue weighted by Crippen LogP contribution is 2.42. The first kappa shape index (κ1) is 32.8. The molecule has 3 aromatic carbocycles. The van der Waals surface area contributed by atoms with Crippen molar-refractivity contribution >= 4 is 55.8 Å². The van der Waals surface area contributed by atoms with E-state index in [1.165, 1.54) is 7.11 Å². The molecule has 9 nitrogen and oxygen atoms in total. The van der Waals surface area contributed by atoms with Crippen LogP contribution >= 0.6 is 22.9 Å². The molecule has 0 amide bonds. The monoisotopic (exact) mass is 650 g/mol. The summed E-state index contributed by atoms with van der Waals surface area (Å²) in [6.07, 6.45) is -0.0523. The molecule has 0 atom stereocenters. The molecule has 0 saturated carbocycles. The van der Waals surface area contributed by atoms with Gasteiger partial charge in [0, 0.05) is 35.7 Å². The molecule has 2 aromatic heterocycles. The molecule has 0 aliphatic carbocycles. The minimum absolute atomic E-state index is 0.0523. The second kappa shape index (κ2) is 12.7. The van der Waals surface area contributed by atoms with Crippen LogP contribution in [0.5, 0.6) is 0 Å². The Kier molecular flexibility index (Phi) is 9.26.